The van der Waals surface area contributed by atoms with Crippen LogP contribution >= 0.6 is 11.6 Å². The number of nitrogens with zero attached hydrogens (tertiary/aromatic N) is 2. The van der Waals surface area contributed by atoms with E-state index < -0.39 is 0 Å². The molecule has 0 saturated heterocycles. The van der Waals surface area contributed by atoms with E-state index in [9.17, 15) is 5.11 Å². The van der Waals surface area contributed by atoms with Gasteiger partial charge in [-0.25, -0.2) is 9.97 Å². The van der Waals surface area contributed by atoms with E-state index >= 15 is 0 Å². The number of anilines is 1. The lowest BCUT2D eigenvalue weighted by atomic mass is 9.83. The van der Waals surface area contributed by atoms with Crippen molar-refractivity contribution in [3.8, 4) is 0 Å². The summed E-state index contributed by atoms with van der Waals surface area (Å²) in [6.07, 6.45) is 1.81. The van der Waals surface area contributed by atoms with E-state index in [4.69, 9.17) is 11.6 Å². The van der Waals surface area contributed by atoms with Gasteiger partial charge >= 0.3 is 0 Å². The minimum Gasteiger partial charge on any atom is -0.396 e. The van der Waals surface area contributed by atoms with Crippen LogP contribution in [-0.2, 0) is 0 Å². The molecule has 0 aliphatic rings. The van der Waals surface area contributed by atoms with E-state index in [1.54, 1.807) is 0 Å². The van der Waals surface area contributed by atoms with E-state index in [1.165, 1.54) is 0 Å². The summed E-state index contributed by atoms with van der Waals surface area (Å²) in [5, 5.41) is 13.1. The zero-order valence-electron chi connectivity index (χ0n) is 11.5. The number of rotatable bonds is 6. The minimum absolute atomic E-state index is 0.121. The topological polar surface area (TPSA) is 58.0 Å². The Hall–Kier alpha value is -0.870. The number of hydrogen-bond acceptors (Lipinski definition) is 4. The molecule has 0 aromatic carbocycles. The molecule has 1 aromatic rings. The highest BCUT2D eigenvalue weighted by Crippen LogP contribution is 2.27. The van der Waals surface area contributed by atoms with Crippen LogP contribution in [0.2, 0.25) is 5.15 Å². The maximum Gasteiger partial charge on any atom is 0.171 e. The van der Waals surface area contributed by atoms with E-state index in [0.29, 0.717) is 17.5 Å². The van der Waals surface area contributed by atoms with Gasteiger partial charge in [-0.1, -0.05) is 25.4 Å². The summed E-state index contributed by atoms with van der Waals surface area (Å²) in [5.41, 5.74) is 1.58. The highest BCUT2D eigenvalue weighted by atomic mass is 35.5. The molecule has 0 atom stereocenters. The lowest BCUT2D eigenvalue weighted by Crippen LogP contribution is -2.32. The third-order valence-corrected chi connectivity index (χ3v) is 3.99. The monoisotopic (exact) mass is 271 g/mol. The molecular weight excluding hydrogens is 250 g/mol. The van der Waals surface area contributed by atoms with Crippen LogP contribution in [0.4, 0.5) is 5.82 Å². The molecule has 0 fully saturated rings. The van der Waals surface area contributed by atoms with Crippen LogP contribution in [0.15, 0.2) is 0 Å². The first-order valence-corrected chi connectivity index (χ1v) is 6.71. The second-order valence-electron chi connectivity index (χ2n) is 4.75. The maximum atomic E-state index is 9.51. The van der Waals surface area contributed by atoms with Crippen molar-refractivity contribution in [1.29, 1.82) is 0 Å². The van der Waals surface area contributed by atoms with Crippen LogP contribution < -0.4 is 5.32 Å². The summed E-state index contributed by atoms with van der Waals surface area (Å²) < 4.78 is 0. The van der Waals surface area contributed by atoms with Crippen molar-refractivity contribution in [2.75, 3.05) is 18.5 Å². The van der Waals surface area contributed by atoms with Gasteiger partial charge in [0.25, 0.3) is 0 Å². The van der Waals surface area contributed by atoms with Gasteiger partial charge in [-0.15, -0.1) is 0 Å². The Bertz CT molecular complexity index is 397. The standard InChI is InChI=1S/C13H22ClN3O/c1-5-13(6-2,8-18)7-15-12-11(14)16-9(3)10(4)17-12/h18H,5-8H2,1-4H3,(H,15,17). The van der Waals surface area contributed by atoms with Crippen molar-refractivity contribution >= 4 is 17.4 Å². The predicted octanol–water partition coefficient (Wildman–Crippen LogP) is 2.96. The molecular formula is C13H22ClN3O. The number of aryl methyl sites for hydroxylation is 2. The minimum atomic E-state index is -0.121. The van der Waals surface area contributed by atoms with Crippen molar-refractivity contribution in [2.45, 2.75) is 40.5 Å². The second kappa shape index (κ2) is 6.34. The fourth-order valence-corrected chi connectivity index (χ4v) is 1.97. The molecule has 102 valence electrons. The van der Waals surface area contributed by atoms with Gasteiger partial charge in [-0.2, -0.15) is 0 Å². The average molecular weight is 272 g/mol. The summed E-state index contributed by atoms with van der Waals surface area (Å²) >= 11 is 6.06. The lowest BCUT2D eigenvalue weighted by molar-refractivity contribution is 0.127. The Morgan fingerprint density at radius 2 is 1.72 bits per heavy atom. The van der Waals surface area contributed by atoms with Crippen LogP contribution in [0.25, 0.3) is 0 Å². The van der Waals surface area contributed by atoms with Gasteiger partial charge < -0.3 is 10.4 Å². The van der Waals surface area contributed by atoms with E-state index in [2.05, 4.69) is 29.1 Å². The third-order valence-electron chi connectivity index (χ3n) is 3.73. The van der Waals surface area contributed by atoms with Gasteiger partial charge in [0.1, 0.15) is 0 Å². The van der Waals surface area contributed by atoms with Crippen LogP contribution in [0.5, 0.6) is 0 Å². The van der Waals surface area contributed by atoms with Crippen LogP contribution in [0, 0.1) is 19.3 Å². The number of hydrogen-bond donors (Lipinski definition) is 2. The van der Waals surface area contributed by atoms with Crippen molar-refractivity contribution in [1.82, 2.24) is 9.97 Å². The van der Waals surface area contributed by atoms with E-state index in [0.717, 1.165) is 24.2 Å². The van der Waals surface area contributed by atoms with Crippen LogP contribution in [0.1, 0.15) is 38.1 Å². The SMILES string of the molecule is CCC(CC)(CO)CNc1nc(C)c(C)nc1Cl. The molecule has 18 heavy (non-hydrogen) atoms. The summed E-state index contributed by atoms with van der Waals surface area (Å²) in [6.45, 7) is 8.75. The van der Waals surface area contributed by atoms with Crippen LogP contribution in [-0.4, -0.2) is 28.2 Å². The van der Waals surface area contributed by atoms with E-state index in [1.807, 2.05) is 13.8 Å². The summed E-state index contributed by atoms with van der Waals surface area (Å²) in [7, 11) is 0. The molecule has 1 rings (SSSR count). The lowest BCUT2D eigenvalue weighted by Gasteiger charge is -2.29. The number of halogens is 1. The Kier molecular flexibility index (Phi) is 5.35. The first-order chi connectivity index (χ1) is 8.48. The first kappa shape index (κ1) is 15.2. The largest absolute Gasteiger partial charge is 0.396 e. The van der Waals surface area contributed by atoms with Crippen molar-refractivity contribution in [3.63, 3.8) is 0 Å². The van der Waals surface area contributed by atoms with Crippen molar-refractivity contribution in [3.05, 3.63) is 16.5 Å². The van der Waals surface area contributed by atoms with Gasteiger partial charge in [0, 0.05) is 12.0 Å². The number of aliphatic hydroxyl groups is 1. The van der Waals surface area contributed by atoms with Crippen molar-refractivity contribution < 1.29 is 5.11 Å². The number of aliphatic hydroxyl groups excluding tert-OH is 1. The molecule has 0 aliphatic carbocycles. The smallest absolute Gasteiger partial charge is 0.171 e. The zero-order valence-corrected chi connectivity index (χ0v) is 12.3. The Labute approximate surface area is 114 Å². The molecule has 1 heterocycles. The van der Waals surface area contributed by atoms with Gasteiger partial charge in [0.15, 0.2) is 11.0 Å². The number of nitrogens with one attached hydrogen (secondary N) is 1. The Morgan fingerprint density at radius 3 is 2.22 bits per heavy atom. The highest BCUT2D eigenvalue weighted by molar-refractivity contribution is 6.31. The molecule has 4 nitrogen and oxygen atoms in total. The van der Waals surface area contributed by atoms with Gasteiger partial charge in [0.2, 0.25) is 0 Å². The Morgan fingerprint density at radius 1 is 1.17 bits per heavy atom. The predicted molar refractivity (Wildman–Crippen MR) is 75.1 cm³/mol. The highest BCUT2D eigenvalue weighted by Gasteiger charge is 2.25. The Balaban J connectivity index is 2.83. The summed E-state index contributed by atoms with van der Waals surface area (Å²) in [6, 6.07) is 0. The molecule has 0 unspecified atom stereocenters. The first-order valence-electron chi connectivity index (χ1n) is 6.33. The fraction of sp³-hybridized carbons (Fsp3) is 0.692. The van der Waals surface area contributed by atoms with Crippen LogP contribution in [0.3, 0.4) is 0 Å². The third kappa shape index (κ3) is 3.33. The quantitative estimate of drug-likeness (QED) is 0.835. The fourth-order valence-electron chi connectivity index (χ4n) is 1.74. The summed E-state index contributed by atoms with van der Waals surface area (Å²) in [4.78, 5) is 8.62. The molecule has 1 aromatic heterocycles. The maximum absolute atomic E-state index is 9.51. The number of aromatic nitrogens is 2. The summed E-state index contributed by atoms with van der Waals surface area (Å²) in [5.74, 6) is 0.597. The van der Waals surface area contributed by atoms with Gasteiger partial charge in [0.05, 0.1) is 18.0 Å². The molecule has 0 radical (unpaired) electrons. The van der Waals surface area contributed by atoms with Crippen molar-refractivity contribution in [2.24, 2.45) is 5.41 Å². The average Bonchev–Trinajstić information content (AvgIpc) is 2.37. The molecule has 2 N–H and O–H groups in total. The molecule has 0 bridgehead atoms. The molecule has 0 amide bonds. The second-order valence-corrected chi connectivity index (χ2v) is 5.11. The van der Waals surface area contributed by atoms with E-state index in [-0.39, 0.29) is 12.0 Å². The molecule has 0 spiro atoms. The molecule has 0 saturated carbocycles. The van der Waals surface area contributed by atoms with Gasteiger partial charge in [-0.05, 0) is 26.7 Å². The zero-order chi connectivity index (χ0) is 13.8. The van der Waals surface area contributed by atoms with Gasteiger partial charge in [-0.3, -0.25) is 0 Å². The molecule has 0 aliphatic heterocycles. The normalized spacial score (nSPS) is 11.7. The molecule has 5 heteroatoms.